The van der Waals surface area contributed by atoms with Crippen molar-refractivity contribution >= 4 is 248 Å². The van der Waals surface area contributed by atoms with Crippen LogP contribution in [0, 0.1) is 0 Å². The summed E-state index contributed by atoms with van der Waals surface area (Å²) in [5.41, 5.74) is 0. The topological polar surface area (TPSA) is 19.9 Å². The first-order valence-corrected chi connectivity index (χ1v) is 15.1. The van der Waals surface area contributed by atoms with Crippen molar-refractivity contribution in [1.82, 2.24) is 0 Å². The van der Waals surface area contributed by atoms with Gasteiger partial charge in [-0.1, -0.05) is 203 Å². The summed E-state index contributed by atoms with van der Waals surface area (Å²) in [5.74, 6) is 0. The summed E-state index contributed by atoms with van der Waals surface area (Å²) in [6.07, 6.45) is 0. The molecule has 1 radical (unpaired) electrons. The van der Waals surface area contributed by atoms with Gasteiger partial charge in [0, 0.05) is 0 Å². The summed E-state index contributed by atoms with van der Waals surface area (Å²) in [7, 11) is 0. The first kappa shape index (κ1) is 25.0. The van der Waals surface area contributed by atoms with Gasteiger partial charge in [0.2, 0.25) is 1.61 Å². The lowest BCUT2D eigenvalue weighted by atomic mass is 10.1. The van der Waals surface area contributed by atoms with Crippen molar-refractivity contribution in [3.8, 4) is 0 Å². The quantitative estimate of drug-likeness (QED) is 0.199. The fraction of sp³-hybridized carbons (Fsp3) is 1.00. The van der Waals surface area contributed by atoms with Crippen molar-refractivity contribution in [2.75, 3.05) is 0 Å². The Labute approximate surface area is 251 Å². The largest absolute Gasteiger partial charge is 0.223 e. The molecule has 0 aromatic heterocycles. The molecule has 1 atom stereocenters. The van der Waals surface area contributed by atoms with Gasteiger partial charge in [0.15, 0.2) is 0 Å². The van der Waals surface area contributed by atoms with E-state index in [0.29, 0.717) is 0 Å². The molecule has 0 spiro atoms. The molecular formula is C5I11O. The Morgan fingerprint density at radius 1 is 0.529 bits per heavy atom. The van der Waals surface area contributed by atoms with Crippen LogP contribution in [-0.2, 0) is 5.11 Å². The van der Waals surface area contributed by atoms with E-state index in [-0.39, 0.29) is 0.299 Å². The maximum absolute atomic E-state index is 12.8. The second-order valence-electron chi connectivity index (χ2n) is 2.75. The van der Waals surface area contributed by atoms with Gasteiger partial charge >= 0.3 is 0 Å². The molecule has 0 heterocycles. The van der Waals surface area contributed by atoms with Crippen molar-refractivity contribution in [2.45, 2.75) is 5.34 Å². The van der Waals surface area contributed by atoms with Gasteiger partial charge < -0.3 is 0 Å². The fourth-order valence-corrected chi connectivity index (χ4v) is 17.7. The van der Waals surface area contributed by atoms with Crippen molar-refractivity contribution in [2.24, 2.45) is 0 Å². The molecule has 0 aromatic carbocycles. The van der Waals surface area contributed by atoms with E-state index in [4.69, 9.17) is 0 Å². The summed E-state index contributed by atoms with van der Waals surface area (Å²) in [5, 5.41) is 12.8. The van der Waals surface area contributed by atoms with Crippen molar-refractivity contribution < 1.29 is 5.11 Å². The Morgan fingerprint density at radius 2 is 0.824 bits per heavy atom. The van der Waals surface area contributed by atoms with Gasteiger partial charge in [-0.25, -0.2) is 5.11 Å². The average Bonchev–Trinajstić information content (AvgIpc) is 1.95. The smallest absolute Gasteiger partial charge is 0.205 e. The van der Waals surface area contributed by atoms with Crippen molar-refractivity contribution in [1.29, 1.82) is 0 Å². The molecule has 1 nitrogen and oxygen atoms in total. The fourth-order valence-electron chi connectivity index (χ4n) is 0.721. The molecule has 0 rings (SSSR count). The van der Waals surface area contributed by atoms with Gasteiger partial charge in [-0.2, -0.15) is 0 Å². The highest BCUT2D eigenvalue weighted by atomic mass is 127. The van der Waals surface area contributed by atoms with Gasteiger partial charge in [0.1, 0.15) is 3.72 Å². The lowest BCUT2D eigenvalue weighted by Gasteiger charge is -2.51. The van der Waals surface area contributed by atoms with Crippen LogP contribution in [-0.4, -0.2) is 5.34 Å². The van der Waals surface area contributed by atoms with Gasteiger partial charge in [-0.3, -0.25) is 0 Å². The molecule has 0 N–H and O–H groups in total. The Bertz CT molecular complexity index is 266. The minimum absolute atomic E-state index is 0.0542. The van der Waals surface area contributed by atoms with E-state index in [9.17, 15) is 5.11 Å². The second kappa shape index (κ2) is 8.79. The molecule has 12 heteroatoms. The minimum Gasteiger partial charge on any atom is -0.205 e. The Hall–Kier alpha value is 7.99. The predicted octanol–water partition coefficient (Wildman–Crippen LogP) is 8.60. The van der Waals surface area contributed by atoms with Crippen molar-refractivity contribution in [3.05, 3.63) is 0 Å². The summed E-state index contributed by atoms with van der Waals surface area (Å²) in [6.45, 7) is 0. The maximum atomic E-state index is 12.8. The van der Waals surface area contributed by atoms with Crippen molar-refractivity contribution in [3.63, 3.8) is 0 Å². The number of rotatable bonds is 4. The Morgan fingerprint density at radius 3 is 0.882 bits per heavy atom. The van der Waals surface area contributed by atoms with Gasteiger partial charge in [0.25, 0.3) is 0 Å². The summed E-state index contributed by atoms with van der Waals surface area (Å²) >= 11 is 25.8. The Balaban J connectivity index is 6.04. The number of hydrogen-bond donors (Lipinski definition) is 0. The van der Waals surface area contributed by atoms with Gasteiger partial charge in [-0.15, -0.1) is 0 Å². The normalized spacial score (nSPS) is 19.1. The molecule has 103 valence electrons. The van der Waals surface area contributed by atoms with Crippen LogP contribution in [0.3, 0.4) is 0 Å². The molecule has 0 aliphatic heterocycles. The van der Waals surface area contributed by atoms with Crippen LogP contribution in [0.25, 0.3) is 0 Å². The van der Waals surface area contributed by atoms with Gasteiger partial charge in [-0.05, 0) is 45.2 Å². The monoisotopic (exact) mass is 1470 g/mol. The third-order valence-corrected chi connectivity index (χ3v) is 27.1. The molecule has 0 amide bonds. The second-order valence-corrected chi connectivity index (χ2v) is 36.9. The van der Waals surface area contributed by atoms with E-state index in [1.165, 1.54) is 0 Å². The minimum atomic E-state index is -1.10. The van der Waals surface area contributed by atoms with E-state index in [1.54, 1.807) is 0 Å². The SMILES string of the molecule is [O]C(I)(I)C(I)(C(I)(I)I)C(I)(I)C(I)(I)I. The van der Waals surface area contributed by atoms with E-state index in [0.717, 1.165) is 0 Å². The molecule has 1 unspecified atom stereocenters. The molecule has 0 fully saturated rings. The van der Waals surface area contributed by atoms with Crippen LogP contribution in [0.4, 0.5) is 0 Å². The zero-order valence-electron chi connectivity index (χ0n) is 7.07. The molecule has 17 heavy (non-hydrogen) atoms. The van der Waals surface area contributed by atoms with Crippen LogP contribution < -0.4 is 0 Å². The van der Waals surface area contributed by atoms with Crippen LogP contribution in [0.1, 0.15) is 0 Å². The molecule has 0 aliphatic rings. The third kappa shape index (κ3) is 5.99. The number of halogens is 11. The van der Waals surface area contributed by atoms with E-state index < -0.39 is 5.04 Å². The standard InChI is InChI=1S/C5I11O/c6-1(3(9,10)11,5(15,16)17)2(7,8)4(12,13)14. The lowest BCUT2D eigenvalue weighted by Crippen LogP contribution is -2.63. The number of hydrogen-bond acceptors (Lipinski definition) is 0. The molecule has 0 aromatic rings. The number of alkyl halides is 11. The average molecular weight is 1470 g/mol. The summed E-state index contributed by atoms with van der Waals surface area (Å²) in [6, 6.07) is 0. The highest BCUT2D eigenvalue weighted by Crippen LogP contribution is 2.73. The molecular weight excluding hydrogens is 1470 g/mol. The van der Waals surface area contributed by atoms with E-state index in [1.807, 2.05) is 45.2 Å². The third-order valence-electron chi connectivity index (χ3n) is 1.58. The van der Waals surface area contributed by atoms with Crippen LogP contribution in [0.2, 0.25) is 0 Å². The van der Waals surface area contributed by atoms with Crippen LogP contribution >= 0.6 is 248 Å². The molecule has 0 saturated carbocycles. The molecule has 0 aliphatic carbocycles. The summed E-state index contributed by atoms with van der Waals surface area (Å²) in [4.78, 5) is 0. The Kier molecular flexibility index (Phi) is 12.9. The predicted molar refractivity (Wildman–Crippen MR) is 169 cm³/mol. The zero-order valence-corrected chi connectivity index (χ0v) is 30.8. The molecule has 0 saturated heterocycles. The summed E-state index contributed by atoms with van der Waals surface area (Å²) < 4.78 is -1.98. The van der Waals surface area contributed by atoms with Gasteiger partial charge in [0.05, 0.1) is 0 Å². The van der Waals surface area contributed by atoms with Crippen LogP contribution in [0.5, 0.6) is 0 Å². The highest BCUT2D eigenvalue weighted by molar-refractivity contribution is 14.3. The first-order valence-electron chi connectivity index (χ1n) is 3.28. The zero-order chi connectivity index (χ0) is 14.5. The molecule has 0 bridgehead atoms. The highest BCUT2D eigenvalue weighted by Gasteiger charge is 2.72. The maximum Gasteiger partial charge on any atom is 0.223 e. The first-order chi connectivity index (χ1) is 7.00. The van der Waals surface area contributed by atoms with E-state index >= 15 is 0 Å². The van der Waals surface area contributed by atoms with Crippen LogP contribution in [0.15, 0.2) is 0 Å². The van der Waals surface area contributed by atoms with E-state index in [2.05, 4.69) is 203 Å². The lowest BCUT2D eigenvalue weighted by molar-refractivity contribution is 0.139.